The van der Waals surface area contributed by atoms with Gasteiger partial charge in [0.25, 0.3) is 5.69 Å². The number of pyridine rings is 2. The second-order valence-electron chi connectivity index (χ2n) is 10.1. The number of hydrogen-bond donors (Lipinski definition) is 0. The fourth-order valence-electron chi connectivity index (χ4n) is 4.72. The van der Waals surface area contributed by atoms with E-state index in [9.17, 15) is 19.7 Å². The number of methoxy groups -OCH3 is 1. The third kappa shape index (κ3) is 5.98. The number of carbonyl (C=O) groups excluding carboxylic acids is 2. The maximum Gasteiger partial charge on any atom is 0.340 e. The summed E-state index contributed by atoms with van der Waals surface area (Å²) < 4.78 is 19.8. The summed E-state index contributed by atoms with van der Waals surface area (Å²) in [5.74, 6) is -0.605. The van der Waals surface area contributed by atoms with Gasteiger partial charge in [-0.05, 0) is 62.2 Å². The first-order valence-corrected chi connectivity index (χ1v) is 13.9. The van der Waals surface area contributed by atoms with Crippen LogP contribution in [0.25, 0.3) is 16.8 Å². The maximum absolute atomic E-state index is 12.9. The number of nitro benzene ring substituents is 1. The van der Waals surface area contributed by atoms with Gasteiger partial charge in [0, 0.05) is 41.7 Å². The van der Waals surface area contributed by atoms with Crippen LogP contribution in [-0.4, -0.2) is 55.0 Å². The molecule has 0 radical (unpaired) electrons. The van der Waals surface area contributed by atoms with E-state index in [0.29, 0.717) is 35.8 Å². The summed E-state index contributed by atoms with van der Waals surface area (Å²) in [6, 6.07) is 14.4. The van der Waals surface area contributed by atoms with Crippen LogP contribution in [0.3, 0.4) is 0 Å². The standard InChI is InChI=1S/C31H30N6O7/c1-5-31(3,44-29(38)21-7-10-23(11-8-21)37(40)41)26-19-35(34-33-26)18-20-13-14-36-24(15-20)16-25(30(39)43-6-2)28(36)22-9-12-27(42-4)32-17-22/h7-17,19H,5-6,18H2,1-4H3. The highest BCUT2D eigenvalue weighted by molar-refractivity contribution is 5.99. The highest BCUT2D eigenvalue weighted by atomic mass is 16.6. The van der Waals surface area contributed by atoms with Crippen molar-refractivity contribution in [3.63, 3.8) is 0 Å². The minimum absolute atomic E-state index is 0.118. The van der Waals surface area contributed by atoms with Gasteiger partial charge in [-0.2, -0.15) is 0 Å². The molecule has 226 valence electrons. The summed E-state index contributed by atoms with van der Waals surface area (Å²) in [4.78, 5) is 40.4. The molecule has 0 fully saturated rings. The molecular formula is C31H30N6O7. The summed E-state index contributed by atoms with van der Waals surface area (Å²) >= 11 is 0. The third-order valence-electron chi connectivity index (χ3n) is 7.28. The zero-order valence-electron chi connectivity index (χ0n) is 24.6. The van der Waals surface area contributed by atoms with Crippen molar-refractivity contribution >= 4 is 23.1 Å². The van der Waals surface area contributed by atoms with Crippen LogP contribution in [-0.2, 0) is 21.6 Å². The lowest BCUT2D eigenvalue weighted by Crippen LogP contribution is -2.29. The predicted molar refractivity (Wildman–Crippen MR) is 158 cm³/mol. The summed E-state index contributed by atoms with van der Waals surface area (Å²) in [7, 11) is 1.54. The van der Waals surface area contributed by atoms with Crippen molar-refractivity contribution < 1.29 is 28.7 Å². The fourth-order valence-corrected chi connectivity index (χ4v) is 4.72. The minimum atomic E-state index is -1.08. The van der Waals surface area contributed by atoms with Gasteiger partial charge in [-0.15, -0.1) is 5.10 Å². The highest BCUT2D eigenvalue weighted by Gasteiger charge is 2.33. The van der Waals surface area contributed by atoms with Crippen LogP contribution in [0, 0.1) is 10.1 Å². The average Bonchev–Trinajstić information content (AvgIpc) is 3.66. The molecule has 44 heavy (non-hydrogen) atoms. The van der Waals surface area contributed by atoms with Gasteiger partial charge in [-0.1, -0.05) is 12.1 Å². The molecule has 1 unspecified atom stereocenters. The van der Waals surface area contributed by atoms with E-state index >= 15 is 0 Å². The fraction of sp³-hybridized carbons (Fsp3) is 0.258. The zero-order valence-corrected chi connectivity index (χ0v) is 24.6. The lowest BCUT2D eigenvalue weighted by Gasteiger charge is -2.26. The van der Waals surface area contributed by atoms with Crippen molar-refractivity contribution in [1.82, 2.24) is 24.4 Å². The second kappa shape index (κ2) is 12.3. The Hall–Kier alpha value is -5.59. The molecule has 0 bridgehead atoms. The molecule has 0 amide bonds. The van der Waals surface area contributed by atoms with E-state index in [4.69, 9.17) is 14.2 Å². The van der Waals surface area contributed by atoms with Crippen LogP contribution in [0.15, 0.2) is 73.2 Å². The van der Waals surface area contributed by atoms with Crippen molar-refractivity contribution in [3.8, 4) is 17.1 Å². The normalized spacial score (nSPS) is 12.5. The van der Waals surface area contributed by atoms with Gasteiger partial charge in [0.1, 0.15) is 5.69 Å². The van der Waals surface area contributed by atoms with Crippen molar-refractivity contribution in [3.05, 3.63) is 106 Å². The molecule has 5 rings (SSSR count). The van der Waals surface area contributed by atoms with Crippen molar-refractivity contribution in [2.75, 3.05) is 13.7 Å². The number of benzene rings is 1. The van der Waals surface area contributed by atoms with E-state index in [0.717, 1.165) is 16.6 Å². The Morgan fingerprint density at radius 1 is 1.05 bits per heavy atom. The Labute approximate surface area is 252 Å². The largest absolute Gasteiger partial charge is 0.481 e. The molecule has 4 heterocycles. The number of aromatic nitrogens is 5. The first-order valence-electron chi connectivity index (χ1n) is 13.9. The number of rotatable bonds is 11. The van der Waals surface area contributed by atoms with E-state index in [2.05, 4.69) is 15.3 Å². The van der Waals surface area contributed by atoms with E-state index in [1.807, 2.05) is 35.7 Å². The molecule has 0 saturated heterocycles. The molecular weight excluding hydrogens is 568 g/mol. The lowest BCUT2D eigenvalue weighted by molar-refractivity contribution is -0.384. The topological polar surface area (TPSA) is 153 Å². The zero-order chi connectivity index (χ0) is 31.4. The number of nitro groups is 1. The Kier molecular flexibility index (Phi) is 8.38. The summed E-state index contributed by atoms with van der Waals surface area (Å²) in [5, 5.41) is 19.5. The van der Waals surface area contributed by atoms with Gasteiger partial charge in [0.05, 0.1) is 48.2 Å². The number of hydrogen-bond acceptors (Lipinski definition) is 10. The van der Waals surface area contributed by atoms with E-state index in [1.165, 1.54) is 31.4 Å². The van der Waals surface area contributed by atoms with E-state index in [1.54, 1.807) is 43.1 Å². The quantitative estimate of drug-likeness (QED) is 0.112. The van der Waals surface area contributed by atoms with Crippen molar-refractivity contribution in [2.24, 2.45) is 0 Å². The van der Waals surface area contributed by atoms with Gasteiger partial charge in [-0.25, -0.2) is 19.3 Å². The monoisotopic (exact) mass is 598 g/mol. The van der Waals surface area contributed by atoms with Crippen LogP contribution in [0.4, 0.5) is 5.69 Å². The SMILES string of the molecule is CCOC(=O)c1cc2cc(Cn3cc(C(C)(CC)OC(=O)c4ccc([N+](=O)[O-])cc4)nn3)ccn2c1-c1ccc(OC)nc1. The molecule has 13 heteroatoms. The van der Waals surface area contributed by atoms with Crippen LogP contribution in [0.5, 0.6) is 5.88 Å². The second-order valence-corrected chi connectivity index (χ2v) is 10.1. The maximum atomic E-state index is 12.9. The molecule has 0 spiro atoms. The average molecular weight is 599 g/mol. The number of ether oxygens (including phenoxy) is 3. The number of fused-ring (bicyclic) bond motifs is 1. The van der Waals surface area contributed by atoms with Gasteiger partial charge in [0.2, 0.25) is 5.88 Å². The van der Waals surface area contributed by atoms with E-state index < -0.39 is 22.5 Å². The number of nitrogens with zero attached hydrogens (tertiary/aromatic N) is 6. The van der Waals surface area contributed by atoms with Gasteiger partial charge in [-0.3, -0.25) is 10.1 Å². The number of non-ortho nitro benzene ring substituents is 1. The Morgan fingerprint density at radius 3 is 2.45 bits per heavy atom. The molecule has 0 aliphatic carbocycles. The molecule has 0 aliphatic heterocycles. The van der Waals surface area contributed by atoms with Crippen molar-refractivity contribution in [1.29, 1.82) is 0 Å². The Balaban J connectivity index is 1.39. The summed E-state index contributed by atoms with van der Waals surface area (Å²) in [6.07, 6.45) is 5.65. The first-order chi connectivity index (χ1) is 21.1. The first kappa shape index (κ1) is 29.9. The minimum Gasteiger partial charge on any atom is -0.481 e. The van der Waals surface area contributed by atoms with Crippen LogP contribution in [0.1, 0.15) is 59.2 Å². The molecule has 5 aromatic rings. The van der Waals surface area contributed by atoms with Crippen LogP contribution >= 0.6 is 0 Å². The smallest absolute Gasteiger partial charge is 0.340 e. The Morgan fingerprint density at radius 2 is 1.82 bits per heavy atom. The summed E-state index contributed by atoms with van der Waals surface area (Å²) in [5.41, 5.74) is 2.89. The lowest BCUT2D eigenvalue weighted by atomic mass is 9.99. The molecule has 1 atom stereocenters. The van der Waals surface area contributed by atoms with Crippen molar-refractivity contribution in [2.45, 2.75) is 39.3 Å². The highest BCUT2D eigenvalue weighted by Crippen LogP contribution is 2.31. The molecule has 0 aliphatic rings. The number of carbonyl (C=O) groups is 2. The molecule has 13 nitrogen and oxygen atoms in total. The molecule has 1 aromatic carbocycles. The Bertz CT molecular complexity index is 1830. The van der Waals surface area contributed by atoms with Gasteiger partial charge < -0.3 is 18.6 Å². The van der Waals surface area contributed by atoms with Crippen LogP contribution in [0.2, 0.25) is 0 Å². The van der Waals surface area contributed by atoms with E-state index in [-0.39, 0.29) is 17.9 Å². The molecule has 0 saturated carbocycles. The third-order valence-corrected chi connectivity index (χ3v) is 7.28. The van der Waals surface area contributed by atoms with Gasteiger partial charge in [0.15, 0.2) is 5.60 Å². The predicted octanol–water partition coefficient (Wildman–Crippen LogP) is 5.22. The number of esters is 2. The summed E-state index contributed by atoms with van der Waals surface area (Å²) in [6.45, 7) is 5.96. The van der Waals surface area contributed by atoms with Gasteiger partial charge >= 0.3 is 11.9 Å². The molecule has 4 aromatic heterocycles. The molecule has 0 N–H and O–H groups in total. The van der Waals surface area contributed by atoms with Crippen LogP contribution < -0.4 is 4.74 Å².